The van der Waals surface area contributed by atoms with Gasteiger partial charge in [0, 0.05) is 0 Å². The van der Waals surface area contributed by atoms with E-state index in [1.54, 1.807) is 0 Å². The molecule has 0 aliphatic carbocycles. The largest absolute Gasteiger partial charge is 0.0656 e. The van der Waals surface area contributed by atoms with Gasteiger partial charge in [-0.3, -0.25) is 0 Å². The second-order valence-electron chi connectivity index (χ2n) is 3.76. The van der Waals surface area contributed by atoms with Gasteiger partial charge in [0.25, 0.3) is 0 Å². The van der Waals surface area contributed by atoms with Crippen molar-refractivity contribution in [1.82, 2.24) is 0 Å². The average molecular weight is 216 g/mol. The van der Waals surface area contributed by atoms with E-state index in [1.165, 1.54) is 23.6 Å². The van der Waals surface area contributed by atoms with Crippen LogP contribution in [0.5, 0.6) is 0 Å². The number of hydrogen-bond acceptors (Lipinski definition) is 0. The average Bonchev–Trinajstić information content (AvgIpc) is 2.31. The molecule has 0 N–H and O–H groups in total. The van der Waals surface area contributed by atoms with E-state index in [9.17, 15) is 0 Å². The molecular formula is C16H24. The summed E-state index contributed by atoms with van der Waals surface area (Å²) in [5.41, 5.74) is 0. The first-order valence-electron chi connectivity index (χ1n) is 6.23. The minimum atomic E-state index is 1.25. The van der Waals surface area contributed by atoms with Gasteiger partial charge in [0.05, 0.1) is 0 Å². The van der Waals surface area contributed by atoms with Crippen molar-refractivity contribution in [2.75, 3.05) is 0 Å². The summed E-state index contributed by atoms with van der Waals surface area (Å²) in [6, 6.07) is 16.7. The van der Waals surface area contributed by atoms with Crippen molar-refractivity contribution < 1.29 is 0 Å². The lowest BCUT2D eigenvalue weighted by molar-refractivity contribution is 1.09. The van der Waals surface area contributed by atoms with Crippen LogP contribution in [0, 0.1) is 0 Å². The van der Waals surface area contributed by atoms with E-state index >= 15 is 0 Å². The van der Waals surface area contributed by atoms with E-state index in [0.717, 1.165) is 0 Å². The maximum Gasteiger partial charge on any atom is -0.0184 e. The van der Waals surface area contributed by atoms with E-state index in [2.05, 4.69) is 76.2 Å². The smallest absolute Gasteiger partial charge is 0.0184 e. The molecule has 0 saturated heterocycles. The highest BCUT2D eigenvalue weighted by Gasteiger charge is 1.85. The van der Waals surface area contributed by atoms with Gasteiger partial charge < -0.3 is 0 Å². The molecule has 0 saturated carbocycles. The standard InChI is InChI=1S/C10H8.2C3H8/c1-2-6-10-8-4-3-7-9(10)5-1;2*1-3-2/h1-8H;2*3H2,1-2H3. The summed E-state index contributed by atoms with van der Waals surface area (Å²) in [6.45, 7) is 8.50. The number of rotatable bonds is 0. The van der Waals surface area contributed by atoms with Crippen molar-refractivity contribution >= 4 is 10.8 Å². The van der Waals surface area contributed by atoms with Crippen LogP contribution in [0.4, 0.5) is 0 Å². The van der Waals surface area contributed by atoms with E-state index in [-0.39, 0.29) is 0 Å². The molecule has 88 valence electrons. The lowest BCUT2D eigenvalue weighted by atomic mass is 10.1. The van der Waals surface area contributed by atoms with Crippen LogP contribution in [0.15, 0.2) is 48.5 Å². The molecule has 0 radical (unpaired) electrons. The summed E-state index contributed by atoms with van der Waals surface area (Å²) in [5, 5.41) is 2.62. The van der Waals surface area contributed by atoms with Crippen LogP contribution in [0.2, 0.25) is 0 Å². The van der Waals surface area contributed by atoms with Gasteiger partial charge in [-0.15, -0.1) is 0 Å². The molecule has 0 heterocycles. The maximum atomic E-state index is 2.12. The second-order valence-corrected chi connectivity index (χ2v) is 3.76. The Kier molecular flexibility index (Phi) is 9.39. The van der Waals surface area contributed by atoms with Crippen molar-refractivity contribution in [3.05, 3.63) is 48.5 Å². The Hall–Kier alpha value is -1.30. The van der Waals surface area contributed by atoms with Crippen molar-refractivity contribution in [1.29, 1.82) is 0 Å². The zero-order chi connectivity index (χ0) is 12.2. The number of hydrogen-bond donors (Lipinski definition) is 0. The van der Waals surface area contributed by atoms with Crippen LogP contribution in [0.3, 0.4) is 0 Å². The van der Waals surface area contributed by atoms with E-state index in [1.807, 2.05) is 0 Å². The van der Waals surface area contributed by atoms with Crippen molar-refractivity contribution in [3.63, 3.8) is 0 Å². The Balaban J connectivity index is 0.000000321. The number of benzene rings is 2. The first-order chi connectivity index (χ1) is 7.79. The lowest BCUT2D eigenvalue weighted by Crippen LogP contribution is -1.67. The van der Waals surface area contributed by atoms with Crippen molar-refractivity contribution in [2.24, 2.45) is 0 Å². The van der Waals surface area contributed by atoms with Crippen LogP contribution in [-0.4, -0.2) is 0 Å². The van der Waals surface area contributed by atoms with Crippen LogP contribution in [0.1, 0.15) is 40.5 Å². The van der Waals surface area contributed by atoms with Crippen LogP contribution < -0.4 is 0 Å². The normalized spacial score (nSPS) is 8.50. The minimum Gasteiger partial charge on any atom is -0.0656 e. The summed E-state index contributed by atoms with van der Waals surface area (Å²) < 4.78 is 0. The van der Waals surface area contributed by atoms with Crippen molar-refractivity contribution in [3.8, 4) is 0 Å². The first-order valence-corrected chi connectivity index (χ1v) is 6.23. The Morgan fingerprint density at radius 2 is 0.750 bits per heavy atom. The highest BCUT2D eigenvalue weighted by molar-refractivity contribution is 5.81. The molecule has 0 heteroatoms. The van der Waals surface area contributed by atoms with E-state index < -0.39 is 0 Å². The molecule has 0 aliphatic heterocycles. The third-order valence-electron chi connectivity index (χ3n) is 1.66. The molecule has 0 aromatic heterocycles. The fourth-order valence-corrected chi connectivity index (χ4v) is 1.13. The summed E-state index contributed by atoms with van der Waals surface area (Å²) in [5.74, 6) is 0. The third kappa shape index (κ3) is 6.23. The second kappa shape index (κ2) is 10.2. The van der Waals surface area contributed by atoms with Gasteiger partial charge in [0.1, 0.15) is 0 Å². The fraction of sp³-hybridized carbons (Fsp3) is 0.375. The zero-order valence-electron chi connectivity index (χ0n) is 11.0. The quantitative estimate of drug-likeness (QED) is 0.532. The molecule has 2 aromatic rings. The predicted octanol–water partition coefficient (Wildman–Crippen LogP) is 5.67. The summed E-state index contributed by atoms with van der Waals surface area (Å²) >= 11 is 0. The lowest BCUT2D eigenvalue weighted by Gasteiger charge is -1.92. The summed E-state index contributed by atoms with van der Waals surface area (Å²) in [7, 11) is 0. The molecular weight excluding hydrogens is 192 g/mol. The van der Waals surface area contributed by atoms with Gasteiger partial charge in [-0.1, -0.05) is 89.1 Å². The molecule has 0 unspecified atom stereocenters. The van der Waals surface area contributed by atoms with Crippen LogP contribution >= 0.6 is 0 Å². The van der Waals surface area contributed by atoms with Crippen molar-refractivity contribution in [2.45, 2.75) is 40.5 Å². The Morgan fingerprint density at radius 3 is 0.938 bits per heavy atom. The molecule has 2 aromatic carbocycles. The third-order valence-corrected chi connectivity index (χ3v) is 1.66. The summed E-state index contributed by atoms with van der Waals surface area (Å²) in [4.78, 5) is 0. The van der Waals surface area contributed by atoms with Crippen LogP contribution in [0.25, 0.3) is 10.8 Å². The Bertz CT molecular complexity index is 296. The molecule has 0 nitrogen and oxygen atoms in total. The zero-order valence-corrected chi connectivity index (χ0v) is 11.0. The van der Waals surface area contributed by atoms with Gasteiger partial charge in [0.2, 0.25) is 0 Å². The molecule has 0 atom stereocenters. The monoisotopic (exact) mass is 216 g/mol. The molecule has 0 fully saturated rings. The molecule has 16 heavy (non-hydrogen) atoms. The van der Waals surface area contributed by atoms with Gasteiger partial charge in [0.15, 0.2) is 0 Å². The minimum absolute atomic E-state index is 1.25. The number of fused-ring (bicyclic) bond motifs is 1. The fourth-order valence-electron chi connectivity index (χ4n) is 1.13. The molecule has 0 spiro atoms. The maximum absolute atomic E-state index is 2.12. The van der Waals surface area contributed by atoms with E-state index in [0.29, 0.717) is 0 Å². The van der Waals surface area contributed by atoms with Gasteiger partial charge in [-0.25, -0.2) is 0 Å². The SMILES string of the molecule is CCC.CCC.c1ccc2ccccc2c1. The highest BCUT2D eigenvalue weighted by atomic mass is 13.9. The molecule has 2 rings (SSSR count). The molecule has 0 aliphatic rings. The highest BCUT2D eigenvalue weighted by Crippen LogP contribution is 2.11. The molecule has 0 bridgehead atoms. The Morgan fingerprint density at radius 1 is 0.562 bits per heavy atom. The Labute approximate surface area is 100 Å². The van der Waals surface area contributed by atoms with Crippen LogP contribution in [-0.2, 0) is 0 Å². The predicted molar refractivity (Wildman–Crippen MR) is 75.9 cm³/mol. The van der Waals surface area contributed by atoms with Gasteiger partial charge >= 0.3 is 0 Å². The summed E-state index contributed by atoms with van der Waals surface area (Å²) in [6.07, 6.45) is 2.50. The topological polar surface area (TPSA) is 0 Å². The molecule has 0 amide bonds. The van der Waals surface area contributed by atoms with Gasteiger partial charge in [-0.05, 0) is 10.8 Å². The van der Waals surface area contributed by atoms with E-state index in [4.69, 9.17) is 0 Å². The first kappa shape index (κ1) is 14.7. The van der Waals surface area contributed by atoms with Gasteiger partial charge in [-0.2, -0.15) is 0 Å².